The van der Waals surface area contributed by atoms with Gasteiger partial charge in [-0.15, -0.1) is 0 Å². The summed E-state index contributed by atoms with van der Waals surface area (Å²) in [5.41, 5.74) is 6.49. The fraction of sp³-hybridized carbons (Fsp3) is 0.538. The molecule has 0 aliphatic heterocycles. The summed E-state index contributed by atoms with van der Waals surface area (Å²) >= 11 is 0. The Bertz CT molecular complexity index is 199. The molecular formula is C13H23N. The lowest BCUT2D eigenvalue weighted by atomic mass is 10.1. The summed E-state index contributed by atoms with van der Waals surface area (Å²) in [6, 6.07) is 0. The maximum Gasteiger partial charge on any atom is 0.0310 e. The van der Waals surface area contributed by atoms with Gasteiger partial charge in [0.15, 0.2) is 0 Å². The van der Waals surface area contributed by atoms with Gasteiger partial charge in [0, 0.05) is 5.70 Å². The molecule has 0 radical (unpaired) electrons. The Morgan fingerprint density at radius 3 is 2.64 bits per heavy atom. The van der Waals surface area contributed by atoms with Crippen molar-refractivity contribution in [3.63, 3.8) is 0 Å². The van der Waals surface area contributed by atoms with Gasteiger partial charge in [-0.05, 0) is 31.9 Å². The lowest BCUT2D eigenvalue weighted by molar-refractivity contribution is 0.674. The van der Waals surface area contributed by atoms with Crippen molar-refractivity contribution in [2.75, 3.05) is 0 Å². The fourth-order valence-corrected chi connectivity index (χ4v) is 1.21. The van der Waals surface area contributed by atoms with Crippen LogP contribution in [-0.4, -0.2) is 0 Å². The molecule has 2 N–H and O–H groups in total. The molecule has 0 aliphatic carbocycles. The van der Waals surface area contributed by atoms with Gasteiger partial charge in [-0.3, -0.25) is 0 Å². The summed E-state index contributed by atoms with van der Waals surface area (Å²) in [6.45, 7) is 4.20. The van der Waals surface area contributed by atoms with E-state index in [0.717, 1.165) is 5.70 Å². The highest BCUT2D eigenvalue weighted by atomic mass is 14.5. The molecular weight excluding hydrogens is 170 g/mol. The second-order valence-corrected chi connectivity index (χ2v) is 3.44. The normalized spacial score (nSPS) is 13.1. The van der Waals surface area contributed by atoms with E-state index in [1.807, 2.05) is 31.2 Å². The predicted octanol–water partition coefficient (Wildman–Crippen LogP) is 3.93. The molecule has 0 heterocycles. The fourth-order valence-electron chi connectivity index (χ4n) is 1.21. The number of rotatable bonds is 7. The highest BCUT2D eigenvalue weighted by Crippen LogP contribution is 2.02. The van der Waals surface area contributed by atoms with E-state index in [-0.39, 0.29) is 0 Å². The summed E-state index contributed by atoms with van der Waals surface area (Å²) in [4.78, 5) is 0. The van der Waals surface area contributed by atoms with Crippen molar-refractivity contribution in [3.8, 4) is 0 Å². The molecule has 0 atom stereocenters. The molecule has 14 heavy (non-hydrogen) atoms. The van der Waals surface area contributed by atoms with Gasteiger partial charge in [0.1, 0.15) is 0 Å². The highest BCUT2D eigenvalue weighted by Gasteiger charge is 1.83. The van der Waals surface area contributed by atoms with Crippen LogP contribution in [0.4, 0.5) is 0 Å². The van der Waals surface area contributed by atoms with Crippen LogP contribution in [-0.2, 0) is 0 Å². The van der Waals surface area contributed by atoms with E-state index in [2.05, 4.69) is 13.0 Å². The molecule has 80 valence electrons. The molecule has 0 amide bonds. The number of unbranched alkanes of at least 4 members (excludes halogenated alkanes) is 4. The zero-order valence-electron chi connectivity index (χ0n) is 9.50. The lowest BCUT2D eigenvalue weighted by Gasteiger charge is -1.93. The molecule has 0 aromatic carbocycles. The number of allylic oxidation sites excluding steroid dienone is 5. The van der Waals surface area contributed by atoms with Gasteiger partial charge in [0.25, 0.3) is 0 Å². The number of hydrogen-bond donors (Lipinski definition) is 1. The van der Waals surface area contributed by atoms with E-state index in [4.69, 9.17) is 5.73 Å². The third-order valence-electron chi connectivity index (χ3n) is 2.01. The molecule has 0 aromatic rings. The van der Waals surface area contributed by atoms with Crippen LogP contribution in [0.2, 0.25) is 0 Å². The van der Waals surface area contributed by atoms with Crippen LogP contribution in [0.15, 0.2) is 36.1 Å². The van der Waals surface area contributed by atoms with Crippen molar-refractivity contribution in [2.24, 2.45) is 5.73 Å². The smallest absolute Gasteiger partial charge is 0.0310 e. The Balaban J connectivity index is 3.48. The highest BCUT2D eigenvalue weighted by molar-refractivity contribution is 5.19. The Kier molecular flexibility index (Phi) is 9.40. The van der Waals surface area contributed by atoms with Crippen LogP contribution in [0.5, 0.6) is 0 Å². The summed E-state index contributed by atoms with van der Waals surface area (Å²) in [6.07, 6.45) is 16.5. The third-order valence-corrected chi connectivity index (χ3v) is 2.01. The maximum atomic E-state index is 5.67. The Hall–Kier alpha value is -0.980. The molecule has 0 spiro atoms. The second kappa shape index (κ2) is 10.1. The average Bonchev–Trinajstić information content (AvgIpc) is 2.17. The standard InChI is InChI=1S/C13H23N/c1-3-5-6-7-8-9-10-12-13(14)11-4-2/h4,9-12H,3,5-8,14H2,1-2H3. The van der Waals surface area contributed by atoms with Crippen molar-refractivity contribution in [1.82, 2.24) is 0 Å². The topological polar surface area (TPSA) is 26.0 Å². The van der Waals surface area contributed by atoms with Gasteiger partial charge in [-0.1, -0.05) is 44.4 Å². The maximum absolute atomic E-state index is 5.67. The zero-order valence-corrected chi connectivity index (χ0v) is 9.50. The van der Waals surface area contributed by atoms with Gasteiger partial charge in [-0.25, -0.2) is 0 Å². The minimum Gasteiger partial charge on any atom is -0.399 e. The SMILES string of the molecule is CC=CC(N)=CC=CCCCCCC. The first-order valence-corrected chi connectivity index (χ1v) is 5.56. The van der Waals surface area contributed by atoms with Crippen LogP contribution in [0.3, 0.4) is 0 Å². The van der Waals surface area contributed by atoms with Gasteiger partial charge in [-0.2, -0.15) is 0 Å². The van der Waals surface area contributed by atoms with E-state index in [9.17, 15) is 0 Å². The van der Waals surface area contributed by atoms with Crippen LogP contribution >= 0.6 is 0 Å². The first-order chi connectivity index (χ1) is 6.81. The molecule has 0 saturated heterocycles. The first-order valence-electron chi connectivity index (χ1n) is 5.56. The summed E-state index contributed by atoms with van der Waals surface area (Å²) in [7, 11) is 0. The molecule has 0 aliphatic rings. The van der Waals surface area contributed by atoms with Crippen LogP contribution < -0.4 is 5.73 Å². The monoisotopic (exact) mass is 193 g/mol. The average molecular weight is 193 g/mol. The minimum atomic E-state index is 0.817. The van der Waals surface area contributed by atoms with Crippen molar-refractivity contribution in [3.05, 3.63) is 36.1 Å². The largest absolute Gasteiger partial charge is 0.399 e. The van der Waals surface area contributed by atoms with Gasteiger partial charge < -0.3 is 5.73 Å². The number of hydrogen-bond acceptors (Lipinski definition) is 1. The molecule has 0 unspecified atom stereocenters. The van der Waals surface area contributed by atoms with Gasteiger partial charge in [0.2, 0.25) is 0 Å². The quantitative estimate of drug-likeness (QED) is 0.481. The Morgan fingerprint density at radius 2 is 2.00 bits per heavy atom. The molecule has 0 aromatic heterocycles. The first kappa shape index (κ1) is 13.0. The third kappa shape index (κ3) is 9.11. The lowest BCUT2D eigenvalue weighted by Crippen LogP contribution is -1.90. The molecule has 1 nitrogen and oxygen atoms in total. The van der Waals surface area contributed by atoms with Crippen molar-refractivity contribution in [2.45, 2.75) is 46.0 Å². The van der Waals surface area contributed by atoms with Crippen LogP contribution in [0.25, 0.3) is 0 Å². The second-order valence-electron chi connectivity index (χ2n) is 3.44. The van der Waals surface area contributed by atoms with Crippen molar-refractivity contribution < 1.29 is 0 Å². The minimum absolute atomic E-state index is 0.817. The Morgan fingerprint density at radius 1 is 1.21 bits per heavy atom. The van der Waals surface area contributed by atoms with E-state index in [1.165, 1.54) is 32.1 Å². The molecule has 0 bridgehead atoms. The van der Waals surface area contributed by atoms with E-state index in [1.54, 1.807) is 0 Å². The van der Waals surface area contributed by atoms with Crippen molar-refractivity contribution >= 4 is 0 Å². The summed E-state index contributed by atoms with van der Waals surface area (Å²) in [5, 5.41) is 0. The molecule has 0 rings (SSSR count). The van der Waals surface area contributed by atoms with Crippen LogP contribution in [0.1, 0.15) is 46.0 Å². The van der Waals surface area contributed by atoms with Crippen molar-refractivity contribution in [1.29, 1.82) is 0 Å². The molecule has 0 saturated carbocycles. The predicted molar refractivity (Wildman–Crippen MR) is 65.0 cm³/mol. The van der Waals surface area contributed by atoms with E-state index < -0.39 is 0 Å². The molecule has 0 fully saturated rings. The van der Waals surface area contributed by atoms with Gasteiger partial charge >= 0.3 is 0 Å². The van der Waals surface area contributed by atoms with Gasteiger partial charge in [0.05, 0.1) is 0 Å². The van der Waals surface area contributed by atoms with E-state index >= 15 is 0 Å². The summed E-state index contributed by atoms with van der Waals surface area (Å²) < 4.78 is 0. The van der Waals surface area contributed by atoms with E-state index in [0.29, 0.717) is 0 Å². The summed E-state index contributed by atoms with van der Waals surface area (Å²) in [5.74, 6) is 0. The zero-order chi connectivity index (χ0) is 10.6. The Labute approximate surface area is 88.4 Å². The molecule has 1 heteroatoms. The van der Waals surface area contributed by atoms with Crippen LogP contribution in [0, 0.1) is 0 Å². The number of nitrogens with two attached hydrogens (primary N) is 1.